The van der Waals surface area contributed by atoms with Crippen molar-refractivity contribution >= 4 is 5.97 Å². The van der Waals surface area contributed by atoms with E-state index in [2.05, 4.69) is 0 Å². The van der Waals surface area contributed by atoms with Gasteiger partial charge in [-0.1, -0.05) is 18.2 Å². The number of benzene rings is 2. The van der Waals surface area contributed by atoms with Gasteiger partial charge >= 0.3 is 5.97 Å². The van der Waals surface area contributed by atoms with E-state index in [0.29, 0.717) is 11.3 Å². The number of phenolic OH excluding ortho intramolecular Hbond substituents is 1. The van der Waals surface area contributed by atoms with Crippen molar-refractivity contribution in [1.29, 1.82) is 0 Å². The zero-order chi connectivity index (χ0) is 17.0. The molecule has 5 nitrogen and oxygen atoms in total. The zero-order valence-electron chi connectivity index (χ0n) is 13.4. The molecule has 0 saturated heterocycles. The summed E-state index contributed by atoms with van der Waals surface area (Å²) in [5, 5.41) is 19.4. The van der Waals surface area contributed by atoms with Gasteiger partial charge in [0.1, 0.15) is 5.75 Å². The van der Waals surface area contributed by atoms with Gasteiger partial charge in [-0.3, -0.25) is 4.79 Å². The smallest absolute Gasteiger partial charge is 0.311 e. The van der Waals surface area contributed by atoms with Crippen LogP contribution in [0.1, 0.15) is 22.6 Å². The molecule has 0 spiro atoms. The van der Waals surface area contributed by atoms with Crippen LogP contribution in [0.5, 0.6) is 17.2 Å². The Morgan fingerprint density at radius 2 is 1.74 bits per heavy atom. The number of phenols is 1. The number of methoxy groups -OCH3 is 2. The van der Waals surface area contributed by atoms with Gasteiger partial charge in [0.15, 0.2) is 11.5 Å². The maximum absolute atomic E-state index is 11.7. The highest BCUT2D eigenvalue weighted by Crippen LogP contribution is 2.30. The number of ether oxygens (including phenoxy) is 2. The Balaban J connectivity index is 2.30. The molecule has 0 bridgehead atoms. The summed E-state index contributed by atoms with van der Waals surface area (Å²) < 4.78 is 10.2. The van der Waals surface area contributed by atoms with Crippen LogP contribution in [-0.2, 0) is 11.2 Å². The second-order valence-electron chi connectivity index (χ2n) is 5.33. The first-order valence-electron chi connectivity index (χ1n) is 7.19. The normalized spacial score (nSPS) is 11.8. The molecule has 122 valence electrons. The average molecular weight is 316 g/mol. The molecular weight excluding hydrogens is 296 g/mol. The maximum Gasteiger partial charge on any atom is 0.311 e. The van der Waals surface area contributed by atoms with E-state index in [1.165, 1.54) is 13.2 Å². The Morgan fingerprint density at radius 3 is 2.26 bits per heavy atom. The highest BCUT2D eigenvalue weighted by Gasteiger charge is 2.21. The second-order valence-corrected chi connectivity index (χ2v) is 5.33. The average Bonchev–Trinajstić information content (AvgIpc) is 2.52. The van der Waals surface area contributed by atoms with Crippen molar-refractivity contribution in [3.8, 4) is 17.2 Å². The lowest BCUT2D eigenvalue weighted by Gasteiger charge is -2.15. The molecular formula is C18H20O5. The van der Waals surface area contributed by atoms with E-state index < -0.39 is 11.9 Å². The summed E-state index contributed by atoms with van der Waals surface area (Å²) in [4.78, 5) is 11.7. The zero-order valence-corrected chi connectivity index (χ0v) is 13.4. The van der Waals surface area contributed by atoms with Gasteiger partial charge in [-0.05, 0) is 48.2 Å². The van der Waals surface area contributed by atoms with Crippen molar-refractivity contribution in [2.45, 2.75) is 19.3 Å². The minimum atomic E-state index is -0.912. The Morgan fingerprint density at radius 1 is 1.09 bits per heavy atom. The molecule has 0 saturated carbocycles. The predicted octanol–water partition coefficient (Wildman–Crippen LogP) is 3.13. The van der Waals surface area contributed by atoms with E-state index in [4.69, 9.17) is 9.47 Å². The molecule has 0 heterocycles. The molecule has 1 unspecified atom stereocenters. The van der Waals surface area contributed by atoms with Crippen LogP contribution in [0, 0.1) is 6.92 Å². The number of aromatic hydroxyl groups is 1. The molecule has 1 atom stereocenters. The van der Waals surface area contributed by atoms with Gasteiger partial charge in [0.05, 0.1) is 20.1 Å². The molecule has 0 aliphatic heterocycles. The SMILES string of the molecule is COc1ccc(C(Cc2ccc(OC)c(O)c2)C(=O)O)cc1C. The van der Waals surface area contributed by atoms with Crippen molar-refractivity contribution in [2.75, 3.05) is 14.2 Å². The van der Waals surface area contributed by atoms with Crippen LogP contribution >= 0.6 is 0 Å². The van der Waals surface area contributed by atoms with Crippen molar-refractivity contribution < 1.29 is 24.5 Å². The third kappa shape index (κ3) is 3.74. The fourth-order valence-electron chi connectivity index (χ4n) is 2.56. The third-order valence-corrected chi connectivity index (χ3v) is 3.80. The first-order valence-corrected chi connectivity index (χ1v) is 7.19. The number of carbonyl (C=O) groups is 1. The number of hydrogen-bond acceptors (Lipinski definition) is 4. The maximum atomic E-state index is 11.7. The summed E-state index contributed by atoms with van der Waals surface area (Å²) in [6.07, 6.45) is 0.276. The van der Waals surface area contributed by atoms with E-state index in [1.807, 2.05) is 13.0 Å². The van der Waals surface area contributed by atoms with Crippen LogP contribution in [-0.4, -0.2) is 30.4 Å². The van der Waals surface area contributed by atoms with Gasteiger partial charge in [0.25, 0.3) is 0 Å². The standard InChI is InChI=1S/C18H20O5/c1-11-8-13(5-7-16(11)22-2)14(18(20)21)9-12-4-6-17(23-3)15(19)10-12/h4-8,10,14,19H,9H2,1-3H3,(H,20,21). The summed E-state index contributed by atoms with van der Waals surface area (Å²) in [5.41, 5.74) is 2.31. The molecule has 23 heavy (non-hydrogen) atoms. The van der Waals surface area contributed by atoms with Crippen molar-refractivity contribution in [1.82, 2.24) is 0 Å². The van der Waals surface area contributed by atoms with Crippen molar-refractivity contribution in [3.05, 3.63) is 53.1 Å². The quantitative estimate of drug-likeness (QED) is 0.856. The first-order chi connectivity index (χ1) is 11.0. The van der Waals surface area contributed by atoms with Crippen LogP contribution in [0.4, 0.5) is 0 Å². The van der Waals surface area contributed by atoms with E-state index >= 15 is 0 Å². The number of aryl methyl sites for hydroxylation is 1. The molecule has 0 aliphatic rings. The van der Waals surface area contributed by atoms with Crippen molar-refractivity contribution in [2.24, 2.45) is 0 Å². The fourth-order valence-corrected chi connectivity index (χ4v) is 2.56. The lowest BCUT2D eigenvalue weighted by atomic mass is 9.91. The Kier molecular flexibility index (Phi) is 5.11. The molecule has 0 aliphatic carbocycles. The molecule has 5 heteroatoms. The van der Waals surface area contributed by atoms with E-state index in [-0.39, 0.29) is 12.2 Å². The number of carboxylic acid groups (broad SMARTS) is 1. The Bertz CT molecular complexity index is 709. The molecule has 0 amide bonds. The summed E-state index contributed by atoms with van der Waals surface area (Å²) in [7, 11) is 3.05. The van der Waals surface area contributed by atoms with Crippen molar-refractivity contribution in [3.63, 3.8) is 0 Å². The van der Waals surface area contributed by atoms with Gasteiger partial charge in [-0.25, -0.2) is 0 Å². The largest absolute Gasteiger partial charge is 0.504 e. The number of aliphatic carboxylic acids is 1. The minimum absolute atomic E-state index is 0.0000465. The Labute approximate surface area is 135 Å². The molecule has 0 fully saturated rings. The monoisotopic (exact) mass is 316 g/mol. The molecule has 0 radical (unpaired) electrons. The van der Waals surface area contributed by atoms with Gasteiger partial charge in [0.2, 0.25) is 0 Å². The van der Waals surface area contributed by atoms with E-state index in [1.54, 1.807) is 31.4 Å². The molecule has 2 rings (SSSR count). The van der Waals surface area contributed by atoms with Gasteiger partial charge in [0, 0.05) is 0 Å². The van der Waals surface area contributed by atoms with Crippen LogP contribution in [0.15, 0.2) is 36.4 Å². The van der Waals surface area contributed by atoms with Crippen LogP contribution < -0.4 is 9.47 Å². The lowest BCUT2D eigenvalue weighted by Crippen LogP contribution is -2.14. The van der Waals surface area contributed by atoms with E-state index in [0.717, 1.165) is 16.9 Å². The second kappa shape index (κ2) is 7.05. The number of rotatable bonds is 6. The van der Waals surface area contributed by atoms with Crippen LogP contribution in [0.2, 0.25) is 0 Å². The van der Waals surface area contributed by atoms with E-state index in [9.17, 15) is 15.0 Å². The summed E-state index contributed by atoms with van der Waals surface area (Å²) >= 11 is 0. The Hall–Kier alpha value is -2.69. The number of hydrogen-bond donors (Lipinski definition) is 2. The first kappa shape index (κ1) is 16.7. The minimum Gasteiger partial charge on any atom is -0.504 e. The van der Waals surface area contributed by atoms with Gasteiger partial charge in [-0.2, -0.15) is 0 Å². The predicted molar refractivity (Wildman–Crippen MR) is 86.5 cm³/mol. The molecule has 2 N–H and O–H groups in total. The lowest BCUT2D eigenvalue weighted by molar-refractivity contribution is -0.138. The van der Waals surface area contributed by atoms with Crippen LogP contribution in [0.3, 0.4) is 0 Å². The summed E-state index contributed by atoms with van der Waals surface area (Å²) in [5.74, 6) is -0.529. The highest BCUT2D eigenvalue weighted by atomic mass is 16.5. The highest BCUT2D eigenvalue weighted by molar-refractivity contribution is 5.76. The number of carboxylic acids is 1. The van der Waals surface area contributed by atoms with Gasteiger partial charge in [-0.15, -0.1) is 0 Å². The molecule has 0 aromatic heterocycles. The van der Waals surface area contributed by atoms with Gasteiger partial charge < -0.3 is 19.7 Å². The topological polar surface area (TPSA) is 76.0 Å². The summed E-state index contributed by atoms with van der Waals surface area (Å²) in [6.45, 7) is 1.88. The fraction of sp³-hybridized carbons (Fsp3) is 0.278. The van der Waals surface area contributed by atoms with Crippen LogP contribution in [0.25, 0.3) is 0 Å². The summed E-state index contributed by atoms with van der Waals surface area (Å²) in [6, 6.07) is 10.3. The molecule has 2 aromatic carbocycles. The molecule has 2 aromatic rings. The third-order valence-electron chi connectivity index (χ3n) is 3.80.